The first-order valence-electron chi connectivity index (χ1n) is 6.65. The molecule has 0 bridgehead atoms. The number of ether oxygens (including phenoxy) is 2. The summed E-state index contributed by atoms with van der Waals surface area (Å²) in [4.78, 5) is 0. The van der Waals surface area contributed by atoms with E-state index in [4.69, 9.17) is 9.47 Å². The van der Waals surface area contributed by atoms with Crippen LogP contribution in [-0.2, 0) is 9.47 Å². The van der Waals surface area contributed by atoms with Gasteiger partial charge in [-0.2, -0.15) is 0 Å². The molecule has 0 aromatic rings. The number of nitrogens with one attached hydrogen (secondary N) is 1. The van der Waals surface area contributed by atoms with Gasteiger partial charge in [-0.25, -0.2) is 0 Å². The lowest BCUT2D eigenvalue weighted by Gasteiger charge is -2.28. The summed E-state index contributed by atoms with van der Waals surface area (Å²) in [6.07, 6.45) is 5.47. The van der Waals surface area contributed by atoms with E-state index in [0.717, 1.165) is 39.0 Å². The zero-order valence-corrected chi connectivity index (χ0v) is 11.0. The van der Waals surface area contributed by atoms with Crippen LogP contribution in [0, 0.1) is 0 Å². The molecule has 1 aliphatic heterocycles. The molecule has 3 heteroatoms. The Balaban J connectivity index is 1.90. The smallest absolute Gasteiger partial charge is 0.0561 e. The Morgan fingerprint density at radius 2 is 2.19 bits per heavy atom. The highest BCUT2D eigenvalue weighted by atomic mass is 16.5. The average Bonchev–Trinajstić information content (AvgIpc) is 2.23. The topological polar surface area (TPSA) is 30.5 Å². The lowest BCUT2D eigenvalue weighted by molar-refractivity contribution is 0.0131. The van der Waals surface area contributed by atoms with Gasteiger partial charge in [-0.3, -0.25) is 0 Å². The summed E-state index contributed by atoms with van der Waals surface area (Å²) in [5, 5.41) is 3.60. The lowest BCUT2D eigenvalue weighted by Crippen LogP contribution is -2.38. The van der Waals surface area contributed by atoms with Crippen molar-refractivity contribution >= 4 is 0 Å². The van der Waals surface area contributed by atoms with Crippen LogP contribution < -0.4 is 5.32 Å². The zero-order valence-electron chi connectivity index (χ0n) is 11.0. The molecule has 2 unspecified atom stereocenters. The first-order valence-corrected chi connectivity index (χ1v) is 6.65. The highest BCUT2D eigenvalue weighted by molar-refractivity contribution is 4.74. The fourth-order valence-electron chi connectivity index (χ4n) is 2.04. The van der Waals surface area contributed by atoms with E-state index in [2.05, 4.69) is 26.1 Å². The van der Waals surface area contributed by atoms with Gasteiger partial charge in [0.2, 0.25) is 0 Å². The molecule has 0 aliphatic carbocycles. The van der Waals surface area contributed by atoms with Crippen LogP contribution in [0.1, 0.15) is 46.5 Å². The second kappa shape index (κ2) is 8.04. The van der Waals surface area contributed by atoms with Gasteiger partial charge in [-0.05, 0) is 53.0 Å². The van der Waals surface area contributed by atoms with E-state index in [1.165, 1.54) is 6.42 Å². The van der Waals surface area contributed by atoms with E-state index in [1.807, 2.05) is 0 Å². The Morgan fingerprint density at radius 3 is 2.88 bits per heavy atom. The second-order valence-electron chi connectivity index (χ2n) is 4.98. The molecule has 1 fully saturated rings. The average molecular weight is 229 g/mol. The van der Waals surface area contributed by atoms with Crippen LogP contribution >= 0.6 is 0 Å². The van der Waals surface area contributed by atoms with E-state index in [0.29, 0.717) is 18.2 Å². The Bertz CT molecular complexity index is 173. The molecule has 0 saturated carbocycles. The van der Waals surface area contributed by atoms with Crippen molar-refractivity contribution in [3.05, 3.63) is 0 Å². The largest absolute Gasteiger partial charge is 0.379 e. The minimum Gasteiger partial charge on any atom is -0.379 e. The molecule has 1 heterocycles. The Labute approximate surface area is 99.9 Å². The van der Waals surface area contributed by atoms with Crippen LogP contribution in [0.25, 0.3) is 0 Å². The van der Waals surface area contributed by atoms with E-state index >= 15 is 0 Å². The summed E-state index contributed by atoms with van der Waals surface area (Å²) < 4.78 is 11.0. The van der Waals surface area contributed by atoms with Crippen molar-refractivity contribution in [2.75, 3.05) is 19.8 Å². The first-order chi connectivity index (χ1) is 7.68. The van der Waals surface area contributed by atoms with Gasteiger partial charge in [0.15, 0.2) is 0 Å². The van der Waals surface area contributed by atoms with Gasteiger partial charge < -0.3 is 14.8 Å². The number of hydrogen-bond acceptors (Lipinski definition) is 3. The predicted octanol–water partition coefficient (Wildman–Crippen LogP) is 2.35. The van der Waals surface area contributed by atoms with Crippen LogP contribution in [0.2, 0.25) is 0 Å². The molecule has 1 aliphatic rings. The normalized spacial score (nSPS) is 26.2. The third-order valence-electron chi connectivity index (χ3n) is 2.94. The van der Waals surface area contributed by atoms with Crippen LogP contribution in [0.3, 0.4) is 0 Å². The van der Waals surface area contributed by atoms with Crippen molar-refractivity contribution in [3.63, 3.8) is 0 Å². The van der Waals surface area contributed by atoms with Crippen molar-refractivity contribution in [2.24, 2.45) is 0 Å². The maximum atomic E-state index is 5.52. The molecule has 0 aromatic heterocycles. The third kappa shape index (κ3) is 6.46. The molecule has 1 saturated heterocycles. The maximum absolute atomic E-state index is 5.52. The monoisotopic (exact) mass is 229 g/mol. The van der Waals surface area contributed by atoms with E-state index < -0.39 is 0 Å². The first kappa shape index (κ1) is 13.9. The van der Waals surface area contributed by atoms with Crippen molar-refractivity contribution in [2.45, 2.75) is 64.7 Å². The Morgan fingerprint density at radius 1 is 1.38 bits per heavy atom. The fourth-order valence-corrected chi connectivity index (χ4v) is 2.04. The summed E-state index contributed by atoms with van der Waals surface area (Å²) in [6, 6.07) is 0.662. The van der Waals surface area contributed by atoms with Crippen LogP contribution in [0.5, 0.6) is 0 Å². The van der Waals surface area contributed by atoms with E-state index in [1.54, 1.807) is 0 Å². The summed E-state index contributed by atoms with van der Waals surface area (Å²) in [5.41, 5.74) is 0. The maximum Gasteiger partial charge on any atom is 0.0561 e. The molecule has 0 spiro atoms. The Hall–Kier alpha value is -0.120. The molecule has 3 nitrogen and oxygen atoms in total. The van der Waals surface area contributed by atoms with Gasteiger partial charge in [-0.15, -0.1) is 0 Å². The molecule has 0 radical (unpaired) electrons. The fraction of sp³-hybridized carbons (Fsp3) is 1.00. The van der Waals surface area contributed by atoms with Crippen molar-refractivity contribution in [3.8, 4) is 0 Å². The summed E-state index contributed by atoms with van der Waals surface area (Å²) >= 11 is 0. The standard InChI is InChI=1S/C13H27NO2/c1-11(2)15-8-5-4-7-14-13-6-9-16-12(3)10-13/h11-14H,4-10H2,1-3H3. The minimum atomic E-state index is 0.365. The Kier molecular flexibility index (Phi) is 7.01. The van der Waals surface area contributed by atoms with Crippen LogP contribution in [0.15, 0.2) is 0 Å². The minimum absolute atomic E-state index is 0.365. The van der Waals surface area contributed by atoms with Crippen LogP contribution in [0.4, 0.5) is 0 Å². The van der Waals surface area contributed by atoms with Crippen molar-refractivity contribution in [1.82, 2.24) is 5.32 Å². The van der Waals surface area contributed by atoms with Crippen LogP contribution in [-0.4, -0.2) is 38.0 Å². The second-order valence-corrected chi connectivity index (χ2v) is 4.98. The molecule has 0 amide bonds. The summed E-state index contributed by atoms with van der Waals surface area (Å²) in [6.45, 7) is 9.24. The summed E-state index contributed by atoms with van der Waals surface area (Å²) in [7, 11) is 0. The predicted molar refractivity (Wildman–Crippen MR) is 66.8 cm³/mol. The van der Waals surface area contributed by atoms with Gasteiger partial charge in [0.05, 0.1) is 12.2 Å². The highest BCUT2D eigenvalue weighted by Gasteiger charge is 2.17. The number of unbranched alkanes of at least 4 members (excludes halogenated alkanes) is 1. The highest BCUT2D eigenvalue weighted by Crippen LogP contribution is 2.12. The van der Waals surface area contributed by atoms with E-state index in [9.17, 15) is 0 Å². The van der Waals surface area contributed by atoms with Gasteiger partial charge in [0.25, 0.3) is 0 Å². The molecular weight excluding hydrogens is 202 g/mol. The molecular formula is C13H27NO2. The van der Waals surface area contributed by atoms with Gasteiger partial charge in [-0.1, -0.05) is 0 Å². The molecule has 1 N–H and O–H groups in total. The summed E-state index contributed by atoms with van der Waals surface area (Å²) in [5.74, 6) is 0. The van der Waals surface area contributed by atoms with Gasteiger partial charge in [0, 0.05) is 19.3 Å². The molecule has 0 aromatic carbocycles. The molecule has 96 valence electrons. The zero-order chi connectivity index (χ0) is 11.8. The van der Waals surface area contributed by atoms with E-state index in [-0.39, 0.29) is 0 Å². The van der Waals surface area contributed by atoms with Gasteiger partial charge >= 0.3 is 0 Å². The van der Waals surface area contributed by atoms with Crippen molar-refractivity contribution in [1.29, 1.82) is 0 Å². The molecule has 2 atom stereocenters. The molecule has 16 heavy (non-hydrogen) atoms. The lowest BCUT2D eigenvalue weighted by atomic mass is 10.0. The molecule has 1 rings (SSSR count). The van der Waals surface area contributed by atoms with Gasteiger partial charge in [0.1, 0.15) is 0 Å². The van der Waals surface area contributed by atoms with Crippen molar-refractivity contribution < 1.29 is 9.47 Å². The SMILES string of the molecule is CC(C)OCCCCNC1CCOC(C)C1. The number of hydrogen-bond donors (Lipinski definition) is 1. The number of rotatable bonds is 7. The quantitative estimate of drug-likeness (QED) is 0.680. The third-order valence-corrected chi connectivity index (χ3v) is 2.94.